The van der Waals surface area contributed by atoms with Gasteiger partial charge in [0.05, 0.1) is 17.2 Å². The Morgan fingerprint density at radius 1 is 1.23 bits per heavy atom. The Morgan fingerprint density at radius 3 is 2.69 bits per heavy atom. The lowest BCUT2D eigenvalue weighted by molar-refractivity contribution is -0.385. The van der Waals surface area contributed by atoms with Crippen molar-refractivity contribution in [2.75, 3.05) is 11.9 Å². The second kappa shape index (κ2) is 7.69. The van der Waals surface area contributed by atoms with Crippen molar-refractivity contribution in [2.45, 2.75) is 13.5 Å². The zero-order valence-electron chi connectivity index (χ0n) is 14.7. The fraction of sp³-hybridized carbons (Fsp3) is 0.211. The summed E-state index contributed by atoms with van der Waals surface area (Å²) in [5, 5.41) is 18.9. The van der Waals surface area contributed by atoms with Gasteiger partial charge in [-0.2, -0.15) is 5.10 Å². The molecule has 0 unspecified atom stereocenters. The molecule has 0 radical (unpaired) electrons. The SMILES string of the molecule is CCOc1cc(NCc2cn(C)nc2-c2ccccc2)ccc1[N+](=O)[O-]. The Kier molecular flexibility index (Phi) is 5.17. The highest BCUT2D eigenvalue weighted by Gasteiger charge is 2.16. The number of anilines is 1. The van der Waals surface area contributed by atoms with Crippen LogP contribution in [0.15, 0.2) is 54.7 Å². The summed E-state index contributed by atoms with van der Waals surface area (Å²) in [5.74, 6) is 0.261. The van der Waals surface area contributed by atoms with Gasteiger partial charge in [0.25, 0.3) is 0 Å². The average molecular weight is 352 g/mol. The predicted octanol–water partition coefficient (Wildman–Crippen LogP) is 4.01. The third-order valence-electron chi connectivity index (χ3n) is 3.89. The van der Waals surface area contributed by atoms with Crippen molar-refractivity contribution in [3.05, 3.63) is 70.4 Å². The molecule has 0 amide bonds. The standard InChI is InChI=1S/C19H20N4O3/c1-3-26-18-11-16(9-10-17(18)23(24)25)20-12-15-13-22(2)21-19(15)14-7-5-4-6-8-14/h4-11,13,20H,3,12H2,1-2H3. The number of aryl methyl sites for hydroxylation is 1. The molecule has 0 saturated heterocycles. The van der Waals surface area contributed by atoms with E-state index in [2.05, 4.69) is 10.4 Å². The molecule has 0 aliphatic rings. The minimum atomic E-state index is -0.441. The van der Waals surface area contributed by atoms with Crippen LogP contribution in [0.25, 0.3) is 11.3 Å². The highest BCUT2D eigenvalue weighted by Crippen LogP contribution is 2.30. The van der Waals surface area contributed by atoms with E-state index in [0.29, 0.717) is 13.2 Å². The zero-order chi connectivity index (χ0) is 18.5. The first-order chi connectivity index (χ1) is 12.6. The van der Waals surface area contributed by atoms with Gasteiger partial charge in [0.1, 0.15) is 0 Å². The molecule has 0 saturated carbocycles. The number of nitro groups is 1. The Morgan fingerprint density at radius 2 is 2.00 bits per heavy atom. The van der Waals surface area contributed by atoms with Gasteiger partial charge in [-0.15, -0.1) is 0 Å². The number of ether oxygens (including phenoxy) is 1. The highest BCUT2D eigenvalue weighted by molar-refractivity contribution is 5.64. The number of nitrogens with zero attached hydrogens (tertiary/aromatic N) is 3. The second-order valence-electron chi connectivity index (χ2n) is 5.77. The van der Waals surface area contributed by atoms with Gasteiger partial charge >= 0.3 is 5.69 Å². The fourth-order valence-electron chi connectivity index (χ4n) is 2.75. The van der Waals surface area contributed by atoms with Crippen LogP contribution in [-0.2, 0) is 13.6 Å². The lowest BCUT2D eigenvalue weighted by atomic mass is 10.1. The predicted molar refractivity (Wildman–Crippen MR) is 100 cm³/mol. The first kappa shape index (κ1) is 17.5. The molecule has 26 heavy (non-hydrogen) atoms. The molecule has 0 bridgehead atoms. The molecule has 0 fully saturated rings. The number of aromatic nitrogens is 2. The van der Waals surface area contributed by atoms with Crippen molar-refractivity contribution in [1.29, 1.82) is 0 Å². The van der Waals surface area contributed by atoms with Crippen LogP contribution in [0.1, 0.15) is 12.5 Å². The fourth-order valence-corrected chi connectivity index (χ4v) is 2.75. The van der Waals surface area contributed by atoms with Crippen molar-refractivity contribution in [3.8, 4) is 17.0 Å². The van der Waals surface area contributed by atoms with Crippen molar-refractivity contribution in [3.63, 3.8) is 0 Å². The summed E-state index contributed by atoms with van der Waals surface area (Å²) in [6.07, 6.45) is 1.96. The number of hydrogen-bond acceptors (Lipinski definition) is 5. The monoisotopic (exact) mass is 352 g/mol. The number of nitro benzene ring substituents is 1. The molecule has 3 aromatic rings. The molecule has 0 aliphatic carbocycles. The van der Waals surface area contributed by atoms with E-state index in [4.69, 9.17) is 4.74 Å². The van der Waals surface area contributed by atoms with Crippen LogP contribution in [0.4, 0.5) is 11.4 Å². The van der Waals surface area contributed by atoms with E-state index in [1.807, 2.05) is 43.6 Å². The van der Waals surface area contributed by atoms with Crippen molar-refractivity contribution >= 4 is 11.4 Å². The smallest absolute Gasteiger partial charge is 0.311 e. The van der Waals surface area contributed by atoms with E-state index >= 15 is 0 Å². The summed E-state index contributed by atoms with van der Waals surface area (Å²) < 4.78 is 7.17. The topological polar surface area (TPSA) is 82.2 Å². The van der Waals surface area contributed by atoms with E-state index in [0.717, 1.165) is 22.5 Å². The van der Waals surface area contributed by atoms with Crippen LogP contribution >= 0.6 is 0 Å². The van der Waals surface area contributed by atoms with Crippen molar-refractivity contribution < 1.29 is 9.66 Å². The number of hydrogen-bond donors (Lipinski definition) is 1. The maximum atomic E-state index is 11.1. The molecule has 1 N–H and O–H groups in total. The first-order valence-corrected chi connectivity index (χ1v) is 8.31. The third-order valence-corrected chi connectivity index (χ3v) is 3.89. The molecular formula is C19H20N4O3. The lowest BCUT2D eigenvalue weighted by Crippen LogP contribution is -2.02. The van der Waals surface area contributed by atoms with E-state index in [1.165, 1.54) is 6.07 Å². The molecule has 0 aliphatic heterocycles. The lowest BCUT2D eigenvalue weighted by Gasteiger charge is -2.09. The van der Waals surface area contributed by atoms with Crippen LogP contribution in [0.5, 0.6) is 5.75 Å². The Hall–Kier alpha value is -3.35. The molecule has 0 atom stereocenters. The van der Waals surface area contributed by atoms with Gasteiger partial charge in [0.2, 0.25) is 0 Å². The second-order valence-corrected chi connectivity index (χ2v) is 5.77. The number of rotatable bonds is 7. The molecule has 0 spiro atoms. The highest BCUT2D eigenvalue weighted by atomic mass is 16.6. The first-order valence-electron chi connectivity index (χ1n) is 8.31. The van der Waals surface area contributed by atoms with Crippen molar-refractivity contribution in [1.82, 2.24) is 9.78 Å². The summed E-state index contributed by atoms with van der Waals surface area (Å²) in [6.45, 7) is 2.71. The summed E-state index contributed by atoms with van der Waals surface area (Å²) in [6, 6.07) is 14.7. The Bertz CT molecular complexity index is 906. The summed E-state index contributed by atoms with van der Waals surface area (Å²) in [5.41, 5.74) is 3.71. The van der Waals surface area contributed by atoms with E-state index in [1.54, 1.807) is 23.7 Å². The normalized spacial score (nSPS) is 10.5. The molecule has 134 valence electrons. The van der Waals surface area contributed by atoms with Gasteiger partial charge in [-0.3, -0.25) is 14.8 Å². The Labute approximate surface area is 151 Å². The van der Waals surface area contributed by atoms with Gasteiger partial charge in [0, 0.05) is 48.7 Å². The summed E-state index contributed by atoms with van der Waals surface area (Å²) >= 11 is 0. The molecule has 7 heteroatoms. The Balaban J connectivity index is 1.82. The van der Waals surface area contributed by atoms with E-state index in [-0.39, 0.29) is 11.4 Å². The largest absolute Gasteiger partial charge is 0.487 e. The molecule has 1 heterocycles. The quantitative estimate of drug-likeness (QED) is 0.513. The number of nitrogens with one attached hydrogen (secondary N) is 1. The number of benzene rings is 2. The third kappa shape index (κ3) is 3.83. The summed E-state index contributed by atoms with van der Waals surface area (Å²) in [4.78, 5) is 10.6. The van der Waals surface area contributed by atoms with Crippen LogP contribution in [0, 0.1) is 10.1 Å². The summed E-state index contributed by atoms with van der Waals surface area (Å²) in [7, 11) is 1.88. The maximum absolute atomic E-state index is 11.1. The van der Waals surface area contributed by atoms with Crippen LogP contribution < -0.4 is 10.1 Å². The van der Waals surface area contributed by atoms with E-state index in [9.17, 15) is 10.1 Å². The van der Waals surface area contributed by atoms with Crippen molar-refractivity contribution in [2.24, 2.45) is 7.05 Å². The molecule has 2 aromatic carbocycles. The minimum absolute atomic E-state index is 0.0382. The van der Waals surface area contributed by atoms with Gasteiger partial charge < -0.3 is 10.1 Å². The molecule has 1 aromatic heterocycles. The van der Waals surface area contributed by atoms with Crippen LogP contribution in [-0.4, -0.2) is 21.3 Å². The molecule has 3 rings (SSSR count). The zero-order valence-corrected chi connectivity index (χ0v) is 14.7. The van der Waals surface area contributed by atoms with Gasteiger partial charge in [-0.05, 0) is 13.0 Å². The van der Waals surface area contributed by atoms with Gasteiger partial charge in [-0.25, -0.2) is 0 Å². The average Bonchev–Trinajstić information content (AvgIpc) is 3.01. The van der Waals surface area contributed by atoms with Crippen LogP contribution in [0.2, 0.25) is 0 Å². The molecule has 7 nitrogen and oxygen atoms in total. The van der Waals surface area contributed by atoms with E-state index < -0.39 is 4.92 Å². The van der Waals surface area contributed by atoms with Gasteiger partial charge in [-0.1, -0.05) is 30.3 Å². The van der Waals surface area contributed by atoms with Gasteiger partial charge in [0.15, 0.2) is 5.75 Å². The minimum Gasteiger partial charge on any atom is -0.487 e. The molecular weight excluding hydrogens is 332 g/mol. The maximum Gasteiger partial charge on any atom is 0.311 e. The van der Waals surface area contributed by atoms with Crippen LogP contribution in [0.3, 0.4) is 0 Å².